The number of rotatable bonds is 4. The Hall–Kier alpha value is 0.1000. The lowest BCUT2D eigenvalue weighted by Gasteiger charge is -2.17. The van der Waals surface area contributed by atoms with E-state index in [1.165, 1.54) is 12.5 Å². The van der Waals surface area contributed by atoms with Crippen LogP contribution in [0.25, 0.3) is 0 Å². The Bertz CT molecular complexity index is 206. The zero-order chi connectivity index (χ0) is 9.78. The van der Waals surface area contributed by atoms with E-state index in [2.05, 4.69) is 0 Å². The predicted octanol–water partition coefficient (Wildman–Crippen LogP) is 1.80. The highest BCUT2D eigenvalue weighted by atomic mass is 35.5. The molecule has 1 unspecified atom stereocenters. The largest absolute Gasteiger partial charge is 0.480 e. The number of thioether (sulfide) groups is 1. The Morgan fingerprint density at radius 3 is 2.67 bits per heavy atom. The summed E-state index contributed by atoms with van der Waals surface area (Å²) in [5.41, 5.74) is 5.31. The average Bonchev–Trinajstić information content (AvgIpc) is 2.00. The van der Waals surface area contributed by atoms with Crippen LogP contribution in [0.5, 0.6) is 0 Å². The Morgan fingerprint density at radius 2 is 2.33 bits per heavy atom. The van der Waals surface area contributed by atoms with Crippen LogP contribution in [0.3, 0.4) is 0 Å². The van der Waals surface area contributed by atoms with Crippen molar-refractivity contribution in [3.8, 4) is 0 Å². The van der Waals surface area contributed by atoms with Gasteiger partial charge in [-0.1, -0.05) is 23.2 Å². The van der Waals surface area contributed by atoms with Crippen molar-refractivity contribution < 1.29 is 9.90 Å². The summed E-state index contributed by atoms with van der Waals surface area (Å²) in [6, 6.07) is 0. The van der Waals surface area contributed by atoms with Gasteiger partial charge >= 0.3 is 5.97 Å². The van der Waals surface area contributed by atoms with E-state index in [1.54, 1.807) is 0 Å². The van der Waals surface area contributed by atoms with E-state index >= 15 is 0 Å². The van der Waals surface area contributed by atoms with Gasteiger partial charge in [0.25, 0.3) is 0 Å². The summed E-state index contributed by atoms with van der Waals surface area (Å²) in [6.07, 6.45) is 0. The molecule has 0 spiro atoms. The Balaban J connectivity index is 4.01. The summed E-state index contributed by atoms with van der Waals surface area (Å²) in [6.45, 7) is 1.42. The van der Waals surface area contributed by atoms with Crippen LogP contribution in [-0.2, 0) is 4.79 Å². The molecule has 0 heterocycles. The molecule has 6 heteroatoms. The molecule has 0 aliphatic rings. The molecule has 3 N–H and O–H groups in total. The molecule has 0 rings (SSSR count). The fourth-order valence-electron chi connectivity index (χ4n) is 0.312. The molecule has 0 aliphatic carbocycles. The van der Waals surface area contributed by atoms with Crippen molar-refractivity contribution in [2.75, 3.05) is 5.75 Å². The molecular formula is C6H9Cl2NO2S. The molecular weight excluding hydrogens is 221 g/mol. The van der Waals surface area contributed by atoms with Gasteiger partial charge in [-0.05, 0) is 6.92 Å². The zero-order valence-electron chi connectivity index (χ0n) is 6.38. The molecule has 12 heavy (non-hydrogen) atoms. The van der Waals surface area contributed by atoms with Crippen LogP contribution in [0.15, 0.2) is 9.90 Å². The van der Waals surface area contributed by atoms with E-state index in [0.717, 1.165) is 11.8 Å². The second kappa shape index (κ2) is 4.97. The standard InChI is InChI=1S/C6H9Cl2NO2S/c1-6(9,5(10)11)3-12-4(8)2-7/h2H,3,9H2,1H3,(H,10,11)/b4-2+. The minimum Gasteiger partial charge on any atom is -0.480 e. The van der Waals surface area contributed by atoms with Gasteiger partial charge in [0.15, 0.2) is 0 Å². The molecule has 0 saturated heterocycles. The first-order chi connectivity index (χ1) is 5.40. The number of aliphatic carboxylic acids is 1. The van der Waals surface area contributed by atoms with Gasteiger partial charge in [-0.15, -0.1) is 11.8 Å². The zero-order valence-corrected chi connectivity index (χ0v) is 8.71. The molecule has 0 radical (unpaired) electrons. The lowest BCUT2D eigenvalue weighted by molar-refractivity contribution is -0.141. The SMILES string of the molecule is CC(N)(CS/C(Cl)=C/Cl)C(=O)O. The number of halogens is 2. The van der Waals surface area contributed by atoms with Crippen molar-refractivity contribution >= 4 is 40.9 Å². The summed E-state index contributed by atoms with van der Waals surface area (Å²) in [5.74, 6) is -0.876. The van der Waals surface area contributed by atoms with Crippen molar-refractivity contribution in [2.24, 2.45) is 5.73 Å². The van der Waals surface area contributed by atoms with Gasteiger partial charge in [0.2, 0.25) is 0 Å². The molecule has 0 bridgehead atoms. The van der Waals surface area contributed by atoms with Crippen LogP contribution in [-0.4, -0.2) is 22.4 Å². The van der Waals surface area contributed by atoms with Gasteiger partial charge in [0.05, 0.1) is 4.36 Å². The molecule has 0 saturated carbocycles. The first-order valence-electron chi connectivity index (χ1n) is 3.01. The second-order valence-corrected chi connectivity index (χ2v) is 4.29. The van der Waals surface area contributed by atoms with Gasteiger partial charge in [0.1, 0.15) is 5.54 Å². The fourth-order valence-corrected chi connectivity index (χ4v) is 1.29. The molecule has 0 fully saturated rings. The summed E-state index contributed by atoms with van der Waals surface area (Å²) < 4.78 is 0.328. The topological polar surface area (TPSA) is 63.3 Å². The molecule has 1 atom stereocenters. The molecule has 0 aliphatic heterocycles. The number of hydrogen-bond acceptors (Lipinski definition) is 3. The number of carboxylic acid groups (broad SMARTS) is 1. The first kappa shape index (κ1) is 12.1. The highest BCUT2D eigenvalue weighted by molar-refractivity contribution is 8.04. The van der Waals surface area contributed by atoms with Crippen molar-refractivity contribution in [1.29, 1.82) is 0 Å². The second-order valence-electron chi connectivity index (χ2n) is 2.42. The highest BCUT2D eigenvalue weighted by Gasteiger charge is 2.27. The van der Waals surface area contributed by atoms with E-state index in [9.17, 15) is 4.79 Å². The number of carboxylic acids is 1. The lowest BCUT2D eigenvalue weighted by atomic mass is 10.1. The minimum atomic E-state index is -1.27. The van der Waals surface area contributed by atoms with Crippen LogP contribution in [0.4, 0.5) is 0 Å². The van der Waals surface area contributed by atoms with E-state index in [4.69, 9.17) is 34.0 Å². The normalized spacial score (nSPS) is 17.2. The minimum absolute atomic E-state index is 0.185. The molecule has 70 valence electrons. The summed E-state index contributed by atoms with van der Waals surface area (Å²) >= 11 is 11.9. The third-order valence-electron chi connectivity index (χ3n) is 1.08. The van der Waals surface area contributed by atoms with Gasteiger partial charge < -0.3 is 10.8 Å². The molecule has 0 amide bonds. The van der Waals surface area contributed by atoms with E-state index < -0.39 is 11.5 Å². The van der Waals surface area contributed by atoms with Crippen LogP contribution in [0.2, 0.25) is 0 Å². The Kier molecular flexibility index (Phi) is 5.01. The third kappa shape index (κ3) is 4.21. The monoisotopic (exact) mass is 229 g/mol. The van der Waals surface area contributed by atoms with Crippen LogP contribution >= 0.6 is 35.0 Å². The van der Waals surface area contributed by atoms with Crippen LogP contribution < -0.4 is 5.73 Å². The quantitative estimate of drug-likeness (QED) is 0.772. The van der Waals surface area contributed by atoms with Gasteiger partial charge in [-0.25, -0.2) is 0 Å². The molecule has 0 aromatic carbocycles. The van der Waals surface area contributed by atoms with Crippen molar-refractivity contribution in [2.45, 2.75) is 12.5 Å². The van der Waals surface area contributed by atoms with Crippen LogP contribution in [0, 0.1) is 0 Å². The molecule has 0 aromatic heterocycles. The van der Waals surface area contributed by atoms with Gasteiger partial charge in [-0.2, -0.15) is 0 Å². The van der Waals surface area contributed by atoms with Gasteiger partial charge in [-0.3, -0.25) is 4.79 Å². The predicted molar refractivity (Wildman–Crippen MR) is 52.5 cm³/mol. The summed E-state index contributed by atoms with van der Waals surface area (Å²) in [4.78, 5) is 10.5. The molecule has 0 aromatic rings. The Morgan fingerprint density at radius 1 is 1.83 bits per heavy atom. The van der Waals surface area contributed by atoms with Crippen LogP contribution in [0.1, 0.15) is 6.92 Å². The fraction of sp³-hybridized carbons (Fsp3) is 0.500. The highest BCUT2D eigenvalue weighted by Crippen LogP contribution is 2.23. The van der Waals surface area contributed by atoms with E-state index in [1.807, 2.05) is 0 Å². The number of hydrogen-bond donors (Lipinski definition) is 2. The number of nitrogens with two attached hydrogens (primary N) is 1. The number of carbonyl (C=O) groups is 1. The van der Waals surface area contributed by atoms with Crippen molar-refractivity contribution in [3.63, 3.8) is 0 Å². The van der Waals surface area contributed by atoms with E-state index in [-0.39, 0.29) is 5.75 Å². The van der Waals surface area contributed by atoms with Crippen molar-refractivity contribution in [3.05, 3.63) is 9.90 Å². The Labute approximate surface area is 84.9 Å². The smallest absolute Gasteiger partial charge is 0.324 e. The third-order valence-corrected chi connectivity index (χ3v) is 3.12. The van der Waals surface area contributed by atoms with Crippen molar-refractivity contribution in [1.82, 2.24) is 0 Å². The maximum atomic E-state index is 10.5. The summed E-state index contributed by atoms with van der Waals surface area (Å²) in [7, 11) is 0. The lowest BCUT2D eigenvalue weighted by Crippen LogP contribution is -2.47. The summed E-state index contributed by atoms with van der Waals surface area (Å²) in [5, 5.41) is 8.59. The average molecular weight is 230 g/mol. The maximum absolute atomic E-state index is 10.5. The van der Waals surface area contributed by atoms with Gasteiger partial charge in [0, 0.05) is 11.3 Å². The first-order valence-corrected chi connectivity index (χ1v) is 4.81. The molecule has 3 nitrogen and oxygen atoms in total. The van der Waals surface area contributed by atoms with E-state index in [0.29, 0.717) is 4.36 Å². The maximum Gasteiger partial charge on any atom is 0.324 e.